The van der Waals surface area contributed by atoms with Gasteiger partial charge in [-0.05, 0) is 30.5 Å². The van der Waals surface area contributed by atoms with Crippen molar-refractivity contribution in [1.29, 1.82) is 0 Å². The van der Waals surface area contributed by atoms with Crippen LogP contribution in [-0.4, -0.2) is 41.3 Å². The van der Waals surface area contributed by atoms with Crippen LogP contribution in [0, 0.1) is 12.8 Å². The smallest absolute Gasteiger partial charge is 0.252 e. The molecule has 0 bridgehead atoms. The number of halogens is 1. The molecule has 1 N–H and O–H groups in total. The number of aromatic nitrogens is 2. The monoisotopic (exact) mass is 387 g/mol. The van der Waals surface area contributed by atoms with Gasteiger partial charge < -0.3 is 14.2 Å². The minimum absolute atomic E-state index is 0.0759. The Labute approximate surface area is 162 Å². The van der Waals surface area contributed by atoms with E-state index in [9.17, 15) is 4.79 Å². The van der Waals surface area contributed by atoms with E-state index in [1.165, 1.54) is 0 Å². The molecule has 1 aromatic carbocycles. The molecule has 7 heteroatoms. The molecular weight excluding hydrogens is 366 g/mol. The highest BCUT2D eigenvalue weighted by molar-refractivity contribution is 6.31. The van der Waals surface area contributed by atoms with E-state index in [0.29, 0.717) is 17.5 Å². The van der Waals surface area contributed by atoms with E-state index in [1.807, 2.05) is 31.2 Å². The second-order valence-electron chi connectivity index (χ2n) is 7.22. The number of nitrogens with one attached hydrogen (secondary N) is 1. The second kappa shape index (κ2) is 7.46. The summed E-state index contributed by atoms with van der Waals surface area (Å²) in [5.74, 6) is 1.18. The van der Waals surface area contributed by atoms with Crippen molar-refractivity contribution in [3.8, 4) is 0 Å². The van der Waals surface area contributed by atoms with Gasteiger partial charge in [0.15, 0.2) is 0 Å². The summed E-state index contributed by atoms with van der Waals surface area (Å²) in [6.07, 6.45) is 0.886. The van der Waals surface area contributed by atoms with Crippen LogP contribution >= 0.6 is 11.6 Å². The summed E-state index contributed by atoms with van der Waals surface area (Å²) in [6, 6.07) is 9.44. The lowest BCUT2D eigenvalue weighted by atomic mass is 10.0. The number of nitrogens with zero attached hydrogens (tertiary/aromatic N) is 2. The number of hydrogen-bond donors (Lipinski definition) is 1. The minimum atomic E-state index is -0.0759. The lowest BCUT2D eigenvalue weighted by Crippen LogP contribution is -2.26. The van der Waals surface area contributed by atoms with Crippen LogP contribution in [0.15, 0.2) is 39.6 Å². The van der Waals surface area contributed by atoms with E-state index >= 15 is 0 Å². The normalized spacial score (nSPS) is 20.6. The van der Waals surface area contributed by atoms with Gasteiger partial charge >= 0.3 is 0 Å². The average Bonchev–Trinajstić information content (AvgIpc) is 3.21. The minimum Gasteiger partial charge on any atom is -0.380 e. The summed E-state index contributed by atoms with van der Waals surface area (Å²) >= 11 is 6.01. The van der Waals surface area contributed by atoms with Crippen LogP contribution in [0.1, 0.15) is 17.0 Å². The molecule has 0 saturated carbocycles. The van der Waals surface area contributed by atoms with Crippen molar-refractivity contribution in [3.05, 3.63) is 62.7 Å². The third kappa shape index (κ3) is 3.93. The van der Waals surface area contributed by atoms with Gasteiger partial charge in [0.05, 0.1) is 11.8 Å². The van der Waals surface area contributed by atoms with Gasteiger partial charge in [-0.15, -0.1) is 0 Å². The standard InChI is InChI=1S/C20H22ClN3O3/c1-12-5-17(27-23-12)7-14-9-24(11-19(14)26-2)10-15-6-13-3-4-16(21)8-18(13)22-20(15)25/h3-6,8,14,19H,7,9-11H2,1-2H3,(H,22,25)/t14-,19+/m1/s1. The van der Waals surface area contributed by atoms with E-state index in [2.05, 4.69) is 15.0 Å². The molecule has 0 radical (unpaired) electrons. The molecular formula is C20H22ClN3O3. The highest BCUT2D eigenvalue weighted by Gasteiger charge is 2.34. The molecule has 0 amide bonds. The number of pyridine rings is 1. The van der Waals surface area contributed by atoms with Crippen LogP contribution < -0.4 is 5.56 Å². The first kappa shape index (κ1) is 18.2. The van der Waals surface area contributed by atoms with E-state index in [4.69, 9.17) is 20.9 Å². The number of fused-ring (bicyclic) bond motifs is 1. The van der Waals surface area contributed by atoms with E-state index in [0.717, 1.165) is 47.4 Å². The first-order valence-electron chi connectivity index (χ1n) is 9.00. The largest absolute Gasteiger partial charge is 0.380 e. The van der Waals surface area contributed by atoms with Gasteiger partial charge in [0.25, 0.3) is 5.56 Å². The fraction of sp³-hybridized carbons (Fsp3) is 0.400. The zero-order valence-electron chi connectivity index (χ0n) is 15.4. The topological polar surface area (TPSA) is 71.4 Å². The van der Waals surface area contributed by atoms with Gasteiger partial charge in [-0.2, -0.15) is 0 Å². The van der Waals surface area contributed by atoms with Crippen molar-refractivity contribution in [3.63, 3.8) is 0 Å². The molecule has 2 atom stereocenters. The van der Waals surface area contributed by atoms with Crippen molar-refractivity contribution in [2.45, 2.75) is 26.0 Å². The molecule has 4 rings (SSSR count). The van der Waals surface area contributed by atoms with Gasteiger partial charge in [-0.1, -0.05) is 22.8 Å². The highest BCUT2D eigenvalue weighted by Crippen LogP contribution is 2.25. The fourth-order valence-corrected chi connectivity index (χ4v) is 4.04. The molecule has 27 heavy (non-hydrogen) atoms. The molecule has 1 fully saturated rings. The number of likely N-dealkylation sites (tertiary alicyclic amines) is 1. The molecule has 142 valence electrons. The first-order chi connectivity index (χ1) is 13.0. The van der Waals surface area contributed by atoms with Crippen molar-refractivity contribution in [2.75, 3.05) is 20.2 Å². The number of rotatable bonds is 5. The molecule has 3 heterocycles. The maximum absolute atomic E-state index is 12.5. The summed E-state index contributed by atoms with van der Waals surface area (Å²) < 4.78 is 11.0. The summed E-state index contributed by atoms with van der Waals surface area (Å²) in [6.45, 7) is 4.13. The van der Waals surface area contributed by atoms with Gasteiger partial charge in [-0.25, -0.2) is 0 Å². The predicted molar refractivity (Wildman–Crippen MR) is 104 cm³/mol. The van der Waals surface area contributed by atoms with Crippen molar-refractivity contribution >= 4 is 22.5 Å². The number of methoxy groups -OCH3 is 1. The maximum Gasteiger partial charge on any atom is 0.252 e. The summed E-state index contributed by atoms with van der Waals surface area (Å²) in [7, 11) is 1.74. The number of ether oxygens (including phenoxy) is 1. The zero-order valence-corrected chi connectivity index (χ0v) is 16.1. The van der Waals surface area contributed by atoms with Gasteiger partial charge in [-0.3, -0.25) is 9.69 Å². The Morgan fingerprint density at radius 3 is 2.93 bits per heavy atom. The second-order valence-corrected chi connectivity index (χ2v) is 7.66. The Kier molecular flexibility index (Phi) is 5.04. The van der Waals surface area contributed by atoms with Crippen LogP contribution in [0.4, 0.5) is 0 Å². The van der Waals surface area contributed by atoms with Gasteiger partial charge in [0.2, 0.25) is 0 Å². The van der Waals surface area contributed by atoms with Crippen molar-refractivity contribution in [2.24, 2.45) is 5.92 Å². The average molecular weight is 388 g/mol. The molecule has 1 aliphatic heterocycles. The van der Waals surface area contributed by atoms with Crippen molar-refractivity contribution < 1.29 is 9.26 Å². The van der Waals surface area contributed by atoms with Crippen LogP contribution in [0.5, 0.6) is 0 Å². The Bertz CT molecular complexity index is 1010. The number of hydrogen-bond acceptors (Lipinski definition) is 5. The Morgan fingerprint density at radius 1 is 1.33 bits per heavy atom. The highest BCUT2D eigenvalue weighted by atomic mass is 35.5. The first-order valence-corrected chi connectivity index (χ1v) is 9.38. The molecule has 0 aliphatic carbocycles. The predicted octanol–water partition coefficient (Wildman–Crippen LogP) is 3.17. The van der Waals surface area contributed by atoms with Crippen LogP contribution in [-0.2, 0) is 17.7 Å². The zero-order chi connectivity index (χ0) is 19.0. The summed E-state index contributed by atoms with van der Waals surface area (Å²) in [4.78, 5) is 17.7. The molecule has 0 spiro atoms. The third-order valence-corrected chi connectivity index (χ3v) is 5.41. The third-order valence-electron chi connectivity index (χ3n) is 5.18. The maximum atomic E-state index is 12.5. The Hall–Kier alpha value is -2.15. The van der Waals surface area contributed by atoms with E-state index < -0.39 is 0 Å². The fourth-order valence-electron chi connectivity index (χ4n) is 3.87. The Balaban J connectivity index is 1.51. The molecule has 1 saturated heterocycles. The molecule has 3 aromatic rings. The van der Waals surface area contributed by atoms with Gasteiger partial charge in [0, 0.05) is 61.3 Å². The van der Waals surface area contributed by atoms with E-state index in [-0.39, 0.29) is 11.7 Å². The van der Waals surface area contributed by atoms with Crippen LogP contribution in [0.3, 0.4) is 0 Å². The van der Waals surface area contributed by atoms with Gasteiger partial charge in [0.1, 0.15) is 5.76 Å². The van der Waals surface area contributed by atoms with Crippen LogP contribution in [0.25, 0.3) is 10.9 Å². The van der Waals surface area contributed by atoms with E-state index in [1.54, 1.807) is 13.2 Å². The SMILES string of the molecule is CO[C@H]1CN(Cc2cc3ccc(Cl)cc3[nH]c2=O)C[C@H]1Cc1cc(C)no1. The molecule has 2 aromatic heterocycles. The lowest BCUT2D eigenvalue weighted by Gasteiger charge is -2.15. The molecule has 1 aliphatic rings. The number of aryl methyl sites for hydroxylation is 1. The molecule has 6 nitrogen and oxygen atoms in total. The molecule has 0 unspecified atom stereocenters. The summed E-state index contributed by atoms with van der Waals surface area (Å²) in [5.41, 5.74) is 2.31. The van der Waals surface area contributed by atoms with Crippen LogP contribution in [0.2, 0.25) is 5.02 Å². The lowest BCUT2D eigenvalue weighted by molar-refractivity contribution is 0.0761. The van der Waals surface area contributed by atoms with Crippen molar-refractivity contribution in [1.82, 2.24) is 15.0 Å². The number of benzene rings is 1. The number of H-pyrrole nitrogens is 1. The number of aromatic amines is 1. The quantitative estimate of drug-likeness (QED) is 0.728. The summed E-state index contributed by atoms with van der Waals surface area (Å²) in [5, 5.41) is 5.55. The Morgan fingerprint density at radius 2 is 2.19 bits per heavy atom.